The molecule has 26 heavy (non-hydrogen) atoms. The topological polar surface area (TPSA) is 41.6 Å². The number of thioether (sulfide) groups is 1. The molecule has 2 rings (SSSR count). The van der Waals surface area contributed by atoms with Crippen LogP contribution in [0.2, 0.25) is 10.0 Å². The number of nitrogens with zero attached hydrogens (tertiary/aromatic N) is 3. The zero-order chi connectivity index (χ0) is 19.6. The molecule has 2 aromatic rings. The van der Waals surface area contributed by atoms with E-state index in [0.29, 0.717) is 22.8 Å². The molecule has 0 aliphatic rings. The summed E-state index contributed by atoms with van der Waals surface area (Å²) < 4.78 is 40.3. The van der Waals surface area contributed by atoms with Crippen molar-refractivity contribution in [1.82, 2.24) is 9.78 Å². The Kier molecular flexibility index (Phi) is 6.94. The Morgan fingerprint density at radius 2 is 1.92 bits per heavy atom. The highest BCUT2D eigenvalue weighted by Gasteiger charge is 2.33. The van der Waals surface area contributed by atoms with Gasteiger partial charge in [-0.2, -0.15) is 23.5 Å². The van der Waals surface area contributed by atoms with Gasteiger partial charge < -0.3 is 0 Å². The lowest BCUT2D eigenvalue weighted by atomic mass is 10.2. The smallest absolute Gasteiger partial charge is 0.232 e. The minimum Gasteiger partial charge on any atom is -0.232 e. The van der Waals surface area contributed by atoms with Crippen molar-refractivity contribution in [2.24, 2.45) is 0 Å². The lowest BCUT2D eigenvalue weighted by molar-refractivity contribution is -0.137. The molecular weight excluding hydrogens is 474 g/mol. The third kappa shape index (κ3) is 4.50. The van der Waals surface area contributed by atoms with Gasteiger partial charge in [0.2, 0.25) is 0 Å². The van der Waals surface area contributed by atoms with Gasteiger partial charge in [-0.05, 0) is 17.9 Å². The van der Waals surface area contributed by atoms with E-state index in [4.69, 9.17) is 23.2 Å². The first-order chi connectivity index (χ1) is 12.1. The van der Waals surface area contributed by atoms with Crippen LogP contribution in [-0.2, 0) is 12.6 Å². The highest BCUT2D eigenvalue weighted by Crippen LogP contribution is 2.39. The fourth-order valence-corrected chi connectivity index (χ4v) is 4.17. The van der Waals surface area contributed by atoms with Crippen LogP contribution >= 0.6 is 50.9 Å². The lowest BCUT2D eigenvalue weighted by Crippen LogP contribution is -2.10. The van der Waals surface area contributed by atoms with E-state index >= 15 is 0 Å². The predicted molar refractivity (Wildman–Crippen MR) is 102 cm³/mol. The van der Waals surface area contributed by atoms with Crippen LogP contribution in [0.4, 0.5) is 13.2 Å². The van der Waals surface area contributed by atoms with Crippen molar-refractivity contribution in [2.75, 3.05) is 5.75 Å². The van der Waals surface area contributed by atoms with Gasteiger partial charge in [-0.25, -0.2) is 4.68 Å². The molecule has 0 spiro atoms. The van der Waals surface area contributed by atoms with E-state index in [2.05, 4.69) is 21.0 Å². The number of rotatable bonds is 5. The third-order valence-corrected chi connectivity index (χ3v) is 5.26. The minimum absolute atomic E-state index is 0.0488. The molecule has 0 aliphatic carbocycles. The Labute approximate surface area is 171 Å². The van der Waals surface area contributed by atoms with E-state index in [0.717, 1.165) is 12.1 Å². The standard InChI is InChI=1S/C16H13BrCl2F3N3S/c1-3-26-15-12(7-23)24-25(13(15)4-8(2)17)14-10(18)5-9(6-11(14)19)16(20,21)22/h5-6,8H,3-4H2,1-2H3. The molecule has 1 heterocycles. The molecule has 0 saturated carbocycles. The number of benzene rings is 1. The Morgan fingerprint density at radius 1 is 1.35 bits per heavy atom. The molecule has 1 aromatic heterocycles. The summed E-state index contributed by atoms with van der Waals surface area (Å²) >= 11 is 17.1. The normalized spacial score (nSPS) is 12.9. The summed E-state index contributed by atoms with van der Waals surface area (Å²) in [6.45, 7) is 3.85. The van der Waals surface area contributed by atoms with Crippen LogP contribution in [-0.4, -0.2) is 20.4 Å². The molecular formula is C16H13BrCl2F3N3S. The van der Waals surface area contributed by atoms with Crippen molar-refractivity contribution in [2.45, 2.75) is 36.2 Å². The first-order valence-corrected chi connectivity index (χ1v) is 10.1. The molecule has 1 aromatic carbocycles. The van der Waals surface area contributed by atoms with Gasteiger partial charge in [-0.3, -0.25) is 0 Å². The van der Waals surface area contributed by atoms with Crippen molar-refractivity contribution in [1.29, 1.82) is 5.26 Å². The van der Waals surface area contributed by atoms with Crippen LogP contribution in [0.25, 0.3) is 5.69 Å². The van der Waals surface area contributed by atoms with Crippen molar-refractivity contribution >= 4 is 50.9 Å². The van der Waals surface area contributed by atoms with Crippen molar-refractivity contribution in [3.63, 3.8) is 0 Å². The molecule has 0 aliphatic heterocycles. The second-order valence-corrected chi connectivity index (χ2v) is 9.00. The highest BCUT2D eigenvalue weighted by atomic mass is 79.9. The summed E-state index contributed by atoms with van der Waals surface area (Å²) in [4.78, 5) is 0.723. The van der Waals surface area contributed by atoms with E-state index in [-0.39, 0.29) is 26.3 Å². The molecule has 140 valence electrons. The first-order valence-electron chi connectivity index (χ1n) is 7.45. The zero-order valence-corrected chi connectivity index (χ0v) is 17.6. The van der Waals surface area contributed by atoms with Crippen molar-refractivity contribution < 1.29 is 13.2 Å². The summed E-state index contributed by atoms with van der Waals surface area (Å²) in [6, 6.07) is 3.64. The van der Waals surface area contributed by atoms with Crippen LogP contribution in [0, 0.1) is 11.3 Å². The van der Waals surface area contributed by atoms with E-state index < -0.39 is 11.7 Å². The van der Waals surface area contributed by atoms with Crippen LogP contribution in [0.3, 0.4) is 0 Å². The van der Waals surface area contributed by atoms with E-state index in [9.17, 15) is 18.4 Å². The fourth-order valence-electron chi connectivity index (χ4n) is 2.37. The van der Waals surface area contributed by atoms with Gasteiger partial charge >= 0.3 is 6.18 Å². The van der Waals surface area contributed by atoms with E-state index in [1.54, 1.807) is 0 Å². The van der Waals surface area contributed by atoms with Crippen molar-refractivity contribution in [3.8, 4) is 11.8 Å². The van der Waals surface area contributed by atoms with Gasteiger partial charge in [0.05, 0.1) is 26.2 Å². The molecule has 0 amide bonds. The van der Waals surface area contributed by atoms with E-state index in [1.807, 2.05) is 19.9 Å². The van der Waals surface area contributed by atoms with Crippen LogP contribution in [0.15, 0.2) is 17.0 Å². The largest absolute Gasteiger partial charge is 0.416 e. The van der Waals surface area contributed by atoms with Crippen molar-refractivity contribution in [3.05, 3.63) is 39.1 Å². The predicted octanol–water partition coefficient (Wildman–Crippen LogP) is 6.51. The summed E-state index contributed by atoms with van der Waals surface area (Å²) in [5.41, 5.74) is 0.0415. The van der Waals surface area contributed by atoms with Gasteiger partial charge in [0.15, 0.2) is 5.69 Å². The SMILES string of the molecule is CCSc1c(C#N)nn(-c2c(Cl)cc(C(F)(F)F)cc2Cl)c1CC(C)Br. The molecule has 0 radical (unpaired) electrons. The molecule has 0 saturated heterocycles. The van der Waals surface area contributed by atoms with E-state index in [1.165, 1.54) is 16.4 Å². The second-order valence-electron chi connectivity index (χ2n) is 5.35. The monoisotopic (exact) mass is 485 g/mol. The number of hydrogen-bond acceptors (Lipinski definition) is 3. The highest BCUT2D eigenvalue weighted by molar-refractivity contribution is 9.09. The Balaban J connectivity index is 2.74. The Bertz CT molecular complexity index is 837. The molecule has 1 unspecified atom stereocenters. The lowest BCUT2D eigenvalue weighted by Gasteiger charge is -2.15. The summed E-state index contributed by atoms with van der Waals surface area (Å²) in [6.07, 6.45) is -4.07. The zero-order valence-electron chi connectivity index (χ0n) is 13.7. The van der Waals surface area contributed by atoms with Gasteiger partial charge in [0.1, 0.15) is 11.8 Å². The second kappa shape index (κ2) is 8.42. The van der Waals surface area contributed by atoms with Crippen LogP contribution < -0.4 is 0 Å². The van der Waals surface area contributed by atoms with Gasteiger partial charge in [-0.15, -0.1) is 11.8 Å². The summed E-state index contributed by atoms with van der Waals surface area (Å²) in [5, 5.41) is 13.3. The maximum atomic E-state index is 13.0. The number of hydrogen-bond donors (Lipinski definition) is 0. The molecule has 0 fully saturated rings. The average Bonchev–Trinajstić information content (AvgIpc) is 2.83. The van der Waals surface area contributed by atoms with Gasteiger partial charge in [-0.1, -0.05) is 53.0 Å². The molecule has 0 N–H and O–H groups in total. The Hall–Kier alpha value is -0.880. The quantitative estimate of drug-likeness (QED) is 0.357. The van der Waals surface area contributed by atoms with Gasteiger partial charge in [0.25, 0.3) is 0 Å². The maximum absolute atomic E-state index is 13.0. The number of halogens is 6. The maximum Gasteiger partial charge on any atom is 0.416 e. The average molecular weight is 487 g/mol. The number of aromatic nitrogens is 2. The summed E-state index contributed by atoms with van der Waals surface area (Å²) in [5.74, 6) is 0.707. The van der Waals surface area contributed by atoms with Gasteiger partial charge in [0, 0.05) is 11.2 Å². The molecule has 0 bridgehead atoms. The van der Waals surface area contributed by atoms with Crippen LogP contribution in [0.5, 0.6) is 0 Å². The molecule has 10 heteroatoms. The minimum atomic E-state index is -4.57. The first kappa shape index (κ1) is 21.4. The molecule has 3 nitrogen and oxygen atoms in total. The molecule has 1 atom stereocenters. The summed E-state index contributed by atoms with van der Waals surface area (Å²) in [7, 11) is 0. The fraction of sp³-hybridized carbons (Fsp3) is 0.375. The Morgan fingerprint density at radius 3 is 2.35 bits per heavy atom. The van der Waals surface area contributed by atoms with Crippen LogP contribution in [0.1, 0.15) is 30.8 Å². The number of alkyl halides is 4. The number of nitriles is 1. The third-order valence-electron chi connectivity index (χ3n) is 3.36.